The lowest BCUT2D eigenvalue weighted by Gasteiger charge is -2.58. The number of amides is 1. The van der Waals surface area contributed by atoms with Crippen LogP contribution in [0.5, 0.6) is 0 Å². The number of primary amides is 1. The molecule has 1 aromatic rings. The molecule has 0 radical (unpaired) electrons. The zero-order chi connectivity index (χ0) is 18.4. The van der Waals surface area contributed by atoms with E-state index in [0.29, 0.717) is 35.1 Å². The Morgan fingerprint density at radius 2 is 2.07 bits per heavy atom. The summed E-state index contributed by atoms with van der Waals surface area (Å²) in [6, 6.07) is 6.69. The van der Waals surface area contributed by atoms with Crippen molar-refractivity contribution in [2.24, 2.45) is 23.0 Å². The van der Waals surface area contributed by atoms with Gasteiger partial charge in [-0.25, -0.2) is 0 Å². The normalized spacial score (nSPS) is 39.8. The third-order valence-electron chi connectivity index (χ3n) is 8.73. The van der Waals surface area contributed by atoms with Crippen molar-refractivity contribution in [3.63, 3.8) is 0 Å². The topological polar surface area (TPSA) is 63.4 Å². The second kappa shape index (κ2) is 5.22. The number of hydrogen-bond donors (Lipinski definition) is 1. The molecule has 2 N–H and O–H groups in total. The molecule has 1 saturated heterocycles. The average molecular weight is 364 g/mol. The second-order valence-electron chi connectivity index (χ2n) is 10.1. The standard InChI is InChI=1S/C23H28N2O2/c24-21(27)15-4-5-16-9-22-12-23(19(16)8-15)10-17(26)6-7-18(23)20(22)25(13-22)11-14-2-1-3-14/h4-5,8,14,18,20H,1-3,6-7,9-13H2,(H2,24,27)/t18-,20-,22?,23+/m0/s1. The highest BCUT2D eigenvalue weighted by molar-refractivity contribution is 5.93. The van der Waals surface area contributed by atoms with Gasteiger partial charge in [0.2, 0.25) is 5.91 Å². The zero-order valence-electron chi connectivity index (χ0n) is 15.9. The molecular formula is C23H28N2O2. The number of ketones is 1. The van der Waals surface area contributed by atoms with Crippen LogP contribution in [0.4, 0.5) is 0 Å². The Bertz CT molecular complexity index is 860. The van der Waals surface area contributed by atoms with Gasteiger partial charge in [0, 0.05) is 48.4 Å². The molecule has 0 aromatic heterocycles. The molecule has 5 aliphatic rings. The lowest BCUT2D eigenvalue weighted by atomic mass is 9.59. The number of benzene rings is 1. The van der Waals surface area contributed by atoms with Gasteiger partial charge in [-0.3, -0.25) is 14.5 Å². The largest absolute Gasteiger partial charge is 0.366 e. The molecule has 27 heavy (non-hydrogen) atoms. The summed E-state index contributed by atoms with van der Waals surface area (Å²) in [5, 5.41) is 0. The number of likely N-dealkylation sites (tertiary alicyclic amines) is 1. The van der Waals surface area contributed by atoms with Gasteiger partial charge in [-0.15, -0.1) is 0 Å². The fourth-order valence-corrected chi connectivity index (χ4v) is 7.68. The van der Waals surface area contributed by atoms with E-state index in [4.69, 9.17) is 5.73 Å². The van der Waals surface area contributed by atoms with Gasteiger partial charge in [0.05, 0.1) is 0 Å². The predicted molar refractivity (Wildman–Crippen MR) is 102 cm³/mol. The molecule has 4 heteroatoms. The summed E-state index contributed by atoms with van der Waals surface area (Å²) in [5.41, 5.74) is 9.15. The summed E-state index contributed by atoms with van der Waals surface area (Å²) in [6.45, 7) is 2.47. The Balaban J connectivity index is 1.44. The SMILES string of the molecule is NC(=O)c1ccc2c(c1)[C@@]13CC(=O)CC[C@H]1[C@@H]1N(CC4CCC4)CC1(C2)C3. The first-order chi connectivity index (χ1) is 13.0. The highest BCUT2D eigenvalue weighted by Gasteiger charge is 2.71. The molecule has 3 saturated carbocycles. The Hall–Kier alpha value is -1.68. The minimum absolute atomic E-state index is 0.0482. The van der Waals surface area contributed by atoms with Crippen LogP contribution in [0.1, 0.15) is 66.4 Å². The van der Waals surface area contributed by atoms with Crippen LogP contribution >= 0.6 is 0 Å². The monoisotopic (exact) mass is 364 g/mol. The molecule has 2 spiro atoms. The number of hydrogen-bond acceptors (Lipinski definition) is 3. The van der Waals surface area contributed by atoms with Gasteiger partial charge in [0.25, 0.3) is 0 Å². The van der Waals surface area contributed by atoms with Crippen LogP contribution in [0.3, 0.4) is 0 Å². The average Bonchev–Trinajstić information content (AvgIpc) is 2.76. The maximum absolute atomic E-state index is 12.6. The van der Waals surface area contributed by atoms with E-state index in [1.807, 2.05) is 12.1 Å². The van der Waals surface area contributed by atoms with Gasteiger partial charge in [0.15, 0.2) is 0 Å². The molecule has 1 amide bonds. The first-order valence-electron chi connectivity index (χ1n) is 10.7. The minimum Gasteiger partial charge on any atom is -0.366 e. The number of carbonyl (C=O) groups is 2. The van der Waals surface area contributed by atoms with Gasteiger partial charge in [0.1, 0.15) is 5.78 Å². The van der Waals surface area contributed by atoms with E-state index in [-0.39, 0.29) is 11.3 Å². The van der Waals surface area contributed by atoms with E-state index >= 15 is 0 Å². The van der Waals surface area contributed by atoms with E-state index < -0.39 is 0 Å². The van der Waals surface area contributed by atoms with Crippen LogP contribution in [-0.2, 0) is 16.6 Å². The van der Waals surface area contributed by atoms with E-state index in [1.54, 1.807) is 0 Å². The molecule has 4 fully saturated rings. The third-order valence-corrected chi connectivity index (χ3v) is 8.73. The Morgan fingerprint density at radius 3 is 2.81 bits per heavy atom. The van der Waals surface area contributed by atoms with E-state index in [9.17, 15) is 9.59 Å². The van der Waals surface area contributed by atoms with Crippen molar-refractivity contribution in [2.75, 3.05) is 13.1 Å². The number of fused-ring (bicyclic) bond motifs is 2. The maximum Gasteiger partial charge on any atom is 0.248 e. The minimum atomic E-state index is -0.360. The van der Waals surface area contributed by atoms with Crippen molar-refractivity contribution in [1.82, 2.24) is 4.90 Å². The second-order valence-corrected chi connectivity index (χ2v) is 10.1. The molecule has 1 heterocycles. The molecule has 4 aliphatic carbocycles. The maximum atomic E-state index is 12.6. The first kappa shape index (κ1) is 16.3. The van der Waals surface area contributed by atoms with E-state index in [0.717, 1.165) is 31.6 Å². The van der Waals surface area contributed by atoms with Crippen LogP contribution in [0.25, 0.3) is 0 Å². The van der Waals surface area contributed by atoms with Crippen molar-refractivity contribution >= 4 is 11.7 Å². The van der Waals surface area contributed by atoms with Gasteiger partial charge in [-0.05, 0) is 67.2 Å². The first-order valence-corrected chi connectivity index (χ1v) is 10.7. The molecular weight excluding hydrogens is 336 g/mol. The summed E-state index contributed by atoms with van der Waals surface area (Å²) in [5.74, 6) is 1.51. The summed E-state index contributed by atoms with van der Waals surface area (Å²) in [6.07, 6.45) is 8.87. The summed E-state index contributed by atoms with van der Waals surface area (Å²) in [7, 11) is 0. The van der Waals surface area contributed by atoms with Crippen LogP contribution in [-0.4, -0.2) is 35.7 Å². The number of rotatable bonds is 3. The lowest BCUT2D eigenvalue weighted by molar-refractivity contribution is -0.124. The van der Waals surface area contributed by atoms with Crippen molar-refractivity contribution in [2.45, 2.75) is 62.8 Å². The van der Waals surface area contributed by atoms with Crippen LogP contribution in [0, 0.1) is 17.3 Å². The number of Topliss-reactive ketones (excluding diaryl/α,β-unsaturated/α-hetero) is 1. The van der Waals surface area contributed by atoms with Crippen molar-refractivity contribution in [1.29, 1.82) is 0 Å². The van der Waals surface area contributed by atoms with E-state index in [1.165, 1.54) is 43.5 Å². The van der Waals surface area contributed by atoms with Crippen molar-refractivity contribution in [3.05, 3.63) is 34.9 Å². The molecule has 1 aliphatic heterocycles. The Labute approximate surface area is 160 Å². The molecule has 4 nitrogen and oxygen atoms in total. The lowest BCUT2D eigenvalue weighted by Crippen LogP contribution is -2.65. The van der Waals surface area contributed by atoms with Gasteiger partial charge < -0.3 is 5.73 Å². The summed E-state index contributed by atoms with van der Waals surface area (Å²) >= 11 is 0. The highest BCUT2D eigenvalue weighted by Crippen LogP contribution is 2.69. The summed E-state index contributed by atoms with van der Waals surface area (Å²) in [4.78, 5) is 27.2. The van der Waals surface area contributed by atoms with Crippen molar-refractivity contribution < 1.29 is 9.59 Å². The quantitative estimate of drug-likeness (QED) is 0.897. The molecule has 142 valence electrons. The molecule has 1 unspecified atom stereocenters. The molecule has 4 atom stereocenters. The zero-order valence-corrected chi connectivity index (χ0v) is 15.9. The molecule has 6 rings (SSSR count). The third kappa shape index (κ3) is 2.03. The fourth-order valence-electron chi connectivity index (χ4n) is 7.68. The number of carbonyl (C=O) groups excluding carboxylic acids is 2. The Kier molecular flexibility index (Phi) is 3.15. The van der Waals surface area contributed by atoms with Gasteiger partial charge >= 0.3 is 0 Å². The fraction of sp³-hybridized carbons (Fsp3) is 0.652. The molecule has 2 bridgehead atoms. The van der Waals surface area contributed by atoms with Gasteiger partial charge in [-0.1, -0.05) is 12.5 Å². The number of nitrogens with zero attached hydrogens (tertiary/aromatic N) is 1. The van der Waals surface area contributed by atoms with Gasteiger partial charge in [-0.2, -0.15) is 0 Å². The van der Waals surface area contributed by atoms with Crippen LogP contribution < -0.4 is 5.73 Å². The van der Waals surface area contributed by atoms with E-state index in [2.05, 4.69) is 11.0 Å². The summed E-state index contributed by atoms with van der Waals surface area (Å²) < 4.78 is 0. The van der Waals surface area contributed by atoms with Crippen molar-refractivity contribution in [3.8, 4) is 0 Å². The Morgan fingerprint density at radius 1 is 1.22 bits per heavy atom. The smallest absolute Gasteiger partial charge is 0.248 e. The predicted octanol–water partition coefficient (Wildman–Crippen LogP) is 2.82. The molecule has 1 aromatic carbocycles. The highest BCUT2D eigenvalue weighted by atomic mass is 16.1. The van der Waals surface area contributed by atoms with Crippen LogP contribution in [0.2, 0.25) is 0 Å². The number of nitrogens with two attached hydrogens (primary N) is 1. The van der Waals surface area contributed by atoms with Crippen LogP contribution in [0.15, 0.2) is 18.2 Å².